The van der Waals surface area contributed by atoms with Crippen molar-refractivity contribution in [1.29, 1.82) is 0 Å². The Labute approximate surface area is 100 Å². The summed E-state index contributed by atoms with van der Waals surface area (Å²) >= 11 is 0. The number of fused-ring (bicyclic) bond motifs is 1. The monoisotopic (exact) mass is 228 g/mol. The molecule has 1 fully saturated rings. The molecule has 2 aromatic heterocycles. The number of hydrogen-bond acceptors (Lipinski definition) is 4. The molecule has 2 aromatic rings. The minimum Gasteiger partial charge on any atom is -0.396 e. The van der Waals surface area contributed by atoms with Crippen LogP contribution in [0.3, 0.4) is 0 Å². The molecule has 0 bridgehead atoms. The Balaban J connectivity index is 2.04. The zero-order valence-corrected chi connectivity index (χ0v) is 9.37. The third kappa shape index (κ3) is 1.51. The summed E-state index contributed by atoms with van der Waals surface area (Å²) in [6, 6.07) is 0.362. The number of nitrogen functional groups attached to an aromatic ring is 1. The van der Waals surface area contributed by atoms with Crippen LogP contribution in [0.25, 0.3) is 11.0 Å². The van der Waals surface area contributed by atoms with Crippen molar-refractivity contribution in [2.75, 3.05) is 12.3 Å². The van der Waals surface area contributed by atoms with Gasteiger partial charge in [0.1, 0.15) is 25.6 Å². The van der Waals surface area contributed by atoms with Gasteiger partial charge in [-0.2, -0.15) is 0 Å². The van der Waals surface area contributed by atoms with Crippen molar-refractivity contribution in [3.63, 3.8) is 0 Å². The van der Waals surface area contributed by atoms with E-state index in [2.05, 4.69) is 14.5 Å². The molecule has 0 atom stereocenters. The highest BCUT2D eigenvalue weighted by Gasteiger charge is 2.31. The average molecular weight is 228 g/mol. The second-order valence-corrected chi connectivity index (χ2v) is 4.62. The van der Waals surface area contributed by atoms with Crippen molar-refractivity contribution in [2.24, 2.45) is 5.92 Å². The van der Waals surface area contributed by atoms with E-state index >= 15 is 0 Å². The molecule has 0 amide bonds. The van der Waals surface area contributed by atoms with Crippen molar-refractivity contribution < 1.29 is 5.11 Å². The zero-order valence-electron chi connectivity index (χ0n) is 9.37. The summed E-state index contributed by atoms with van der Waals surface area (Å²) in [6.07, 6.45) is 5.25. The van der Waals surface area contributed by atoms with Gasteiger partial charge in [0.15, 0.2) is 0 Å². The molecule has 0 spiro atoms. The molecule has 17 heavy (non-hydrogen) atoms. The lowest BCUT2D eigenvalue weighted by atomic mass is 9.81. The van der Waals surface area contributed by atoms with E-state index in [0.29, 0.717) is 23.2 Å². The summed E-state index contributed by atoms with van der Waals surface area (Å²) in [6.45, 7) is 0.252. The van der Waals surface area contributed by atoms with Gasteiger partial charge in [-0.25, -0.2) is 9.97 Å². The molecule has 0 aliphatic heterocycles. The van der Waals surface area contributed by atoms with Crippen LogP contribution in [0.15, 0.2) is 12.5 Å². The van der Waals surface area contributed by atoms with E-state index in [-0.39, 0.29) is 6.61 Å². The first kappa shape index (κ1) is 10.6. The second-order valence-electron chi connectivity index (χ2n) is 4.62. The summed E-state index contributed by atoms with van der Waals surface area (Å²) in [5.41, 5.74) is 7.20. The van der Waals surface area contributed by atoms with E-state index in [9.17, 15) is 0 Å². The molecule has 86 valence electrons. The van der Waals surface area contributed by atoms with Crippen LogP contribution < -0.4 is 11.2 Å². The highest BCUT2D eigenvalue weighted by atomic mass is 16.3. The average Bonchev–Trinajstić information content (AvgIpc) is 2.56. The first-order valence-corrected chi connectivity index (χ1v) is 5.68. The number of nitrogens with two attached hydrogens (primary N) is 1. The Hall–Kier alpha value is -1.56. The number of rotatable bonds is 2. The Morgan fingerprint density at radius 1 is 1.47 bits per heavy atom. The van der Waals surface area contributed by atoms with Crippen LogP contribution in [-0.2, 0) is 0 Å². The molecule has 2 heterocycles. The van der Waals surface area contributed by atoms with Crippen LogP contribution in [0.1, 0.15) is 18.9 Å². The Morgan fingerprint density at radius 3 is 2.94 bits per heavy atom. The molecule has 3 N–H and O–H groups in total. The van der Waals surface area contributed by atoms with Gasteiger partial charge < -0.3 is 15.4 Å². The van der Waals surface area contributed by atoms with Gasteiger partial charge in [0, 0.05) is 12.6 Å². The van der Waals surface area contributed by atoms with Crippen LogP contribution in [0.2, 0.25) is 0 Å². The molecule has 6 heteroatoms. The largest absolute Gasteiger partial charge is 0.396 e. The molecule has 1 aliphatic carbocycles. The molecule has 5 nitrogen and oxygen atoms in total. The lowest BCUT2D eigenvalue weighted by Gasteiger charge is -2.35. The van der Waals surface area contributed by atoms with Crippen molar-refractivity contribution >= 4 is 30.2 Å². The van der Waals surface area contributed by atoms with Gasteiger partial charge in [-0.1, -0.05) is 5.46 Å². The van der Waals surface area contributed by atoms with Gasteiger partial charge in [-0.15, -0.1) is 0 Å². The summed E-state index contributed by atoms with van der Waals surface area (Å²) in [4.78, 5) is 8.20. The smallest absolute Gasteiger partial charge is 0.145 e. The Kier molecular flexibility index (Phi) is 2.33. The van der Waals surface area contributed by atoms with E-state index in [4.69, 9.17) is 18.7 Å². The van der Waals surface area contributed by atoms with E-state index in [1.54, 1.807) is 0 Å². The highest BCUT2D eigenvalue weighted by molar-refractivity contribution is 6.39. The van der Waals surface area contributed by atoms with Crippen LogP contribution in [0, 0.1) is 5.92 Å². The van der Waals surface area contributed by atoms with Gasteiger partial charge in [0.2, 0.25) is 0 Å². The molecule has 0 saturated heterocycles. The molecular formula is C11H13BN4O. The maximum absolute atomic E-state index is 9.03. The van der Waals surface area contributed by atoms with E-state index < -0.39 is 0 Å². The molecule has 2 radical (unpaired) electrons. The number of anilines is 1. The van der Waals surface area contributed by atoms with Crippen LogP contribution in [-0.4, -0.2) is 34.1 Å². The molecule has 0 aromatic carbocycles. The number of aliphatic hydroxyl groups is 1. The minimum atomic E-state index is 0.252. The Bertz CT molecular complexity index is 562. The Morgan fingerprint density at radius 2 is 2.24 bits per heavy atom. The van der Waals surface area contributed by atoms with Gasteiger partial charge >= 0.3 is 0 Å². The third-order valence-corrected chi connectivity index (χ3v) is 3.53. The lowest BCUT2D eigenvalue weighted by molar-refractivity contribution is 0.114. The predicted molar refractivity (Wildman–Crippen MR) is 66.2 cm³/mol. The maximum Gasteiger partial charge on any atom is 0.145 e. The van der Waals surface area contributed by atoms with Crippen molar-refractivity contribution in [1.82, 2.24) is 14.5 Å². The molecule has 0 unspecified atom stereocenters. The van der Waals surface area contributed by atoms with E-state index in [1.807, 2.05) is 6.20 Å². The van der Waals surface area contributed by atoms with Crippen molar-refractivity contribution in [3.8, 4) is 0 Å². The molecule has 3 rings (SSSR count). The first-order valence-electron chi connectivity index (χ1n) is 5.68. The SMILES string of the molecule is [B]c1cn(C2CC(CO)C2)c2ncnc(N)c12. The fraction of sp³-hybridized carbons (Fsp3) is 0.455. The van der Waals surface area contributed by atoms with Gasteiger partial charge in [-0.3, -0.25) is 0 Å². The minimum absolute atomic E-state index is 0.252. The number of hydrogen-bond donors (Lipinski definition) is 2. The highest BCUT2D eigenvalue weighted by Crippen LogP contribution is 2.38. The standard InChI is InChI=1S/C11H13BN4O/c12-8-3-16(7-1-6(2-7)4-17)11-9(8)10(13)14-5-15-11/h3,5-7,17H,1-2,4H2,(H2,13,14,15). The van der Waals surface area contributed by atoms with Crippen LogP contribution in [0.4, 0.5) is 5.82 Å². The van der Waals surface area contributed by atoms with Gasteiger partial charge in [0.25, 0.3) is 0 Å². The van der Waals surface area contributed by atoms with E-state index in [1.165, 1.54) is 6.33 Å². The van der Waals surface area contributed by atoms with Gasteiger partial charge in [-0.05, 0) is 25.0 Å². The molecule has 1 saturated carbocycles. The summed E-state index contributed by atoms with van der Waals surface area (Å²) in [5, 5.41) is 9.77. The van der Waals surface area contributed by atoms with Crippen molar-refractivity contribution in [2.45, 2.75) is 18.9 Å². The lowest BCUT2D eigenvalue weighted by Crippen LogP contribution is -2.29. The maximum atomic E-state index is 9.03. The topological polar surface area (TPSA) is 77.0 Å². The predicted octanol–water partition coefficient (Wildman–Crippen LogP) is -0.249. The fourth-order valence-electron chi connectivity index (χ4n) is 2.49. The number of aliphatic hydroxyl groups excluding tert-OH is 1. The van der Waals surface area contributed by atoms with E-state index in [0.717, 1.165) is 23.9 Å². The first-order chi connectivity index (χ1) is 8.20. The van der Waals surface area contributed by atoms with Crippen LogP contribution >= 0.6 is 0 Å². The number of aromatic nitrogens is 3. The summed E-state index contributed by atoms with van der Waals surface area (Å²) in [5.74, 6) is 0.821. The molecule has 1 aliphatic rings. The second kappa shape index (κ2) is 3.73. The summed E-state index contributed by atoms with van der Waals surface area (Å²) in [7, 11) is 5.93. The third-order valence-electron chi connectivity index (χ3n) is 3.53. The van der Waals surface area contributed by atoms with Crippen molar-refractivity contribution in [3.05, 3.63) is 12.5 Å². The quantitative estimate of drug-likeness (QED) is 0.695. The summed E-state index contributed by atoms with van der Waals surface area (Å²) < 4.78 is 2.05. The number of nitrogens with zero attached hydrogens (tertiary/aromatic N) is 3. The molecular weight excluding hydrogens is 215 g/mol. The normalized spacial score (nSPS) is 23.8. The van der Waals surface area contributed by atoms with Gasteiger partial charge in [0.05, 0.1) is 5.39 Å². The zero-order chi connectivity index (χ0) is 12.0. The fourth-order valence-corrected chi connectivity index (χ4v) is 2.49. The van der Waals surface area contributed by atoms with Crippen LogP contribution in [0.5, 0.6) is 0 Å².